The highest BCUT2D eigenvalue weighted by Gasteiger charge is 2.27. The molecule has 8 heteroatoms. The highest BCUT2D eigenvalue weighted by molar-refractivity contribution is 5.85. The number of carbonyl (C=O) groups excluding carboxylic acids is 1. The molecule has 0 radical (unpaired) electrons. The van der Waals surface area contributed by atoms with Gasteiger partial charge in [-0.3, -0.25) is 4.79 Å². The molecule has 4 unspecified atom stereocenters. The van der Waals surface area contributed by atoms with Gasteiger partial charge < -0.3 is 20.7 Å². The third-order valence-corrected chi connectivity index (χ3v) is 4.86. The van der Waals surface area contributed by atoms with E-state index in [1.807, 2.05) is 18.3 Å². The molecule has 6 nitrogen and oxygen atoms in total. The van der Waals surface area contributed by atoms with E-state index < -0.39 is 0 Å². The summed E-state index contributed by atoms with van der Waals surface area (Å²) in [6.07, 6.45) is 4.93. The molecule has 2 fully saturated rings. The van der Waals surface area contributed by atoms with E-state index in [0.29, 0.717) is 6.54 Å². The first-order chi connectivity index (χ1) is 11.5. The summed E-state index contributed by atoms with van der Waals surface area (Å²) in [5.41, 5.74) is 6.89. The van der Waals surface area contributed by atoms with E-state index in [1.165, 1.54) is 0 Å². The van der Waals surface area contributed by atoms with E-state index in [2.05, 4.69) is 29.0 Å². The Bertz CT molecular complexity index is 563. The van der Waals surface area contributed by atoms with Crippen molar-refractivity contribution < 1.29 is 9.53 Å². The first-order valence-corrected chi connectivity index (χ1v) is 8.90. The second-order valence-corrected chi connectivity index (χ2v) is 7.17. The Labute approximate surface area is 168 Å². The summed E-state index contributed by atoms with van der Waals surface area (Å²) in [6.45, 7) is 6.40. The first-order valence-electron chi connectivity index (χ1n) is 8.90. The molecule has 148 valence electrons. The molecule has 0 spiro atoms. The number of hydrogen-bond acceptors (Lipinski definition) is 5. The van der Waals surface area contributed by atoms with Crippen molar-refractivity contribution in [3.63, 3.8) is 0 Å². The molecular formula is C18H30Cl2N4O2. The number of aromatic nitrogens is 1. The fourth-order valence-electron chi connectivity index (χ4n) is 3.66. The number of ether oxygens (including phenoxy) is 1. The molecule has 4 atom stereocenters. The smallest absolute Gasteiger partial charge is 0.223 e. The molecule has 0 bridgehead atoms. The zero-order valence-electron chi connectivity index (χ0n) is 15.4. The molecule has 3 rings (SSSR count). The predicted octanol–water partition coefficient (Wildman–Crippen LogP) is 2.28. The molecular weight excluding hydrogens is 375 g/mol. The molecule has 1 aromatic rings. The summed E-state index contributed by atoms with van der Waals surface area (Å²) in [7, 11) is 0. The van der Waals surface area contributed by atoms with Crippen LogP contribution in [0.1, 0.15) is 38.7 Å². The molecule has 2 aliphatic rings. The number of hydrogen-bond donors (Lipinski definition) is 2. The van der Waals surface area contributed by atoms with Crippen molar-refractivity contribution in [3.8, 4) is 0 Å². The van der Waals surface area contributed by atoms with Crippen LogP contribution in [0.2, 0.25) is 0 Å². The topological polar surface area (TPSA) is 80.5 Å². The summed E-state index contributed by atoms with van der Waals surface area (Å²) in [5, 5.41) is 3.01. The number of pyridine rings is 1. The van der Waals surface area contributed by atoms with Crippen LogP contribution in [0.4, 0.5) is 5.82 Å². The van der Waals surface area contributed by atoms with E-state index in [-0.39, 0.29) is 54.9 Å². The molecule has 1 saturated heterocycles. The first kappa shape index (κ1) is 23.0. The monoisotopic (exact) mass is 404 g/mol. The van der Waals surface area contributed by atoms with Gasteiger partial charge in [0, 0.05) is 37.8 Å². The fourth-order valence-corrected chi connectivity index (χ4v) is 3.66. The van der Waals surface area contributed by atoms with Gasteiger partial charge in [-0.2, -0.15) is 0 Å². The van der Waals surface area contributed by atoms with Crippen molar-refractivity contribution in [2.75, 3.05) is 18.0 Å². The lowest BCUT2D eigenvalue weighted by Gasteiger charge is -2.36. The number of halogens is 2. The van der Waals surface area contributed by atoms with Crippen molar-refractivity contribution in [1.29, 1.82) is 0 Å². The van der Waals surface area contributed by atoms with E-state index in [1.54, 1.807) is 0 Å². The Morgan fingerprint density at radius 1 is 1.27 bits per heavy atom. The Kier molecular flexibility index (Phi) is 9.10. The molecule has 1 aliphatic heterocycles. The summed E-state index contributed by atoms with van der Waals surface area (Å²) in [6, 6.07) is 4.24. The van der Waals surface area contributed by atoms with Gasteiger partial charge in [0.25, 0.3) is 0 Å². The maximum Gasteiger partial charge on any atom is 0.223 e. The lowest BCUT2D eigenvalue weighted by atomic mass is 10.1. The van der Waals surface area contributed by atoms with Crippen molar-refractivity contribution in [1.82, 2.24) is 10.3 Å². The van der Waals surface area contributed by atoms with Gasteiger partial charge in [-0.05, 0) is 44.7 Å². The average Bonchev–Trinajstić information content (AvgIpc) is 2.99. The average molecular weight is 405 g/mol. The van der Waals surface area contributed by atoms with Crippen LogP contribution in [0, 0.1) is 5.92 Å². The van der Waals surface area contributed by atoms with Crippen molar-refractivity contribution in [2.45, 2.75) is 57.9 Å². The highest BCUT2D eigenvalue weighted by atomic mass is 35.5. The summed E-state index contributed by atoms with van der Waals surface area (Å²) in [4.78, 5) is 19.0. The highest BCUT2D eigenvalue weighted by Crippen LogP contribution is 2.24. The Hall–Kier alpha value is -1.08. The van der Waals surface area contributed by atoms with Gasteiger partial charge in [-0.1, -0.05) is 6.07 Å². The number of nitrogens with two attached hydrogens (primary N) is 1. The minimum atomic E-state index is 0. The zero-order chi connectivity index (χ0) is 17.1. The van der Waals surface area contributed by atoms with Crippen molar-refractivity contribution >= 4 is 36.5 Å². The van der Waals surface area contributed by atoms with Crippen molar-refractivity contribution in [3.05, 3.63) is 23.9 Å². The number of amides is 1. The van der Waals surface area contributed by atoms with Gasteiger partial charge in [0.2, 0.25) is 5.91 Å². The molecule has 0 aromatic carbocycles. The second-order valence-electron chi connectivity index (χ2n) is 7.17. The van der Waals surface area contributed by atoms with Gasteiger partial charge >= 0.3 is 0 Å². The Balaban J connectivity index is 0.00000169. The van der Waals surface area contributed by atoms with E-state index in [4.69, 9.17) is 10.5 Å². The third kappa shape index (κ3) is 5.98. The minimum Gasteiger partial charge on any atom is -0.372 e. The van der Waals surface area contributed by atoms with Gasteiger partial charge in [0.15, 0.2) is 0 Å². The zero-order valence-corrected chi connectivity index (χ0v) is 17.0. The van der Waals surface area contributed by atoms with Crippen LogP contribution in [0.15, 0.2) is 18.3 Å². The standard InChI is InChI=1S/C18H28N4O2.2ClH/c1-12-10-22(11-13(2)24-12)17-6-3-14(8-20-17)9-21-18(23)15-4-5-16(19)7-15;;/h3,6,8,12-13,15-16H,4-5,7,9-11,19H2,1-2H3,(H,21,23);2*1H. The Morgan fingerprint density at radius 2 is 1.96 bits per heavy atom. The number of nitrogens with zero attached hydrogens (tertiary/aromatic N) is 2. The van der Waals surface area contributed by atoms with E-state index >= 15 is 0 Å². The number of carbonyl (C=O) groups is 1. The molecule has 26 heavy (non-hydrogen) atoms. The van der Waals surface area contributed by atoms with E-state index in [0.717, 1.165) is 43.7 Å². The maximum absolute atomic E-state index is 12.1. The fraction of sp³-hybridized carbons (Fsp3) is 0.667. The van der Waals surface area contributed by atoms with Crippen molar-refractivity contribution in [2.24, 2.45) is 11.7 Å². The van der Waals surface area contributed by atoms with Gasteiger partial charge in [0.05, 0.1) is 12.2 Å². The summed E-state index contributed by atoms with van der Waals surface area (Å²) < 4.78 is 5.76. The van der Waals surface area contributed by atoms with Crippen LogP contribution in [0.25, 0.3) is 0 Å². The lowest BCUT2D eigenvalue weighted by Crippen LogP contribution is -2.45. The van der Waals surface area contributed by atoms with Gasteiger partial charge in [-0.15, -0.1) is 24.8 Å². The molecule has 1 saturated carbocycles. The van der Waals surface area contributed by atoms with Gasteiger partial charge in [0.1, 0.15) is 5.82 Å². The quantitative estimate of drug-likeness (QED) is 0.804. The largest absolute Gasteiger partial charge is 0.372 e. The summed E-state index contributed by atoms with van der Waals surface area (Å²) in [5.74, 6) is 1.15. The van der Waals surface area contributed by atoms with Crippen LogP contribution >= 0.6 is 24.8 Å². The third-order valence-electron chi connectivity index (χ3n) is 4.86. The van der Waals surface area contributed by atoms with Crippen LogP contribution in [0.5, 0.6) is 0 Å². The lowest BCUT2D eigenvalue weighted by molar-refractivity contribution is -0.125. The van der Waals surface area contributed by atoms with Crippen LogP contribution in [-0.4, -0.2) is 42.2 Å². The maximum atomic E-state index is 12.1. The predicted molar refractivity (Wildman–Crippen MR) is 108 cm³/mol. The Morgan fingerprint density at radius 3 is 2.50 bits per heavy atom. The van der Waals surface area contributed by atoms with Crippen LogP contribution in [-0.2, 0) is 16.1 Å². The number of morpholine rings is 1. The molecule has 2 heterocycles. The second kappa shape index (κ2) is 10.3. The molecule has 3 N–H and O–H groups in total. The van der Waals surface area contributed by atoms with Crippen LogP contribution in [0.3, 0.4) is 0 Å². The number of anilines is 1. The van der Waals surface area contributed by atoms with Crippen LogP contribution < -0.4 is 16.0 Å². The molecule has 1 aliphatic carbocycles. The van der Waals surface area contributed by atoms with E-state index in [9.17, 15) is 4.79 Å². The SMILES string of the molecule is CC1CN(c2ccc(CNC(=O)C3CCC(N)C3)cn2)CC(C)O1.Cl.Cl. The number of rotatable bonds is 4. The molecule has 1 amide bonds. The van der Waals surface area contributed by atoms with Gasteiger partial charge in [-0.25, -0.2) is 4.98 Å². The minimum absolute atomic E-state index is 0. The normalized spacial score (nSPS) is 28.0. The number of nitrogens with one attached hydrogen (secondary N) is 1. The molecule has 1 aromatic heterocycles. The summed E-state index contributed by atoms with van der Waals surface area (Å²) >= 11 is 0.